The highest BCUT2D eigenvalue weighted by atomic mass is 16.5. The minimum Gasteiger partial charge on any atom is -0.484 e. The number of hydrogen-bond donors (Lipinski definition) is 1. The molecule has 1 N–H and O–H groups in total. The van der Waals surface area contributed by atoms with Gasteiger partial charge in [0, 0.05) is 0 Å². The number of hydrogen-bond acceptors (Lipinski definition) is 5. The predicted octanol–water partition coefficient (Wildman–Crippen LogP) is 3.48. The van der Waals surface area contributed by atoms with Gasteiger partial charge in [0.15, 0.2) is 6.61 Å². The summed E-state index contributed by atoms with van der Waals surface area (Å²) in [7, 11) is 0. The van der Waals surface area contributed by atoms with Crippen molar-refractivity contribution in [3.63, 3.8) is 0 Å². The molecule has 0 atom stereocenters. The molecule has 1 aromatic heterocycles. The first-order chi connectivity index (χ1) is 13.8. The van der Waals surface area contributed by atoms with E-state index in [1.165, 1.54) is 11.9 Å². The Kier molecular flexibility index (Phi) is 6.07. The Labute approximate surface area is 170 Å². The summed E-state index contributed by atoms with van der Waals surface area (Å²) < 4.78 is 7.20. The molecule has 1 heterocycles. The Hall–Kier alpha value is -3.48. The first-order valence-electron chi connectivity index (χ1n) is 9.35. The highest BCUT2D eigenvalue weighted by Crippen LogP contribution is 2.24. The zero-order valence-electron chi connectivity index (χ0n) is 17.1. The fourth-order valence-corrected chi connectivity index (χ4v) is 2.64. The van der Waals surface area contributed by atoms with E-state index in [4.69, 9.17) is 4.74 Å². The van der Waals surface area contributed by atoms with Gasteiger partial charge in [0.25, 0.3) is 5.91 Å². The van der Waals surface area contributed by atoms with Gasteiger partial charge in [-0.15, -0.1) is 0 Å². The average Bonchev–Trinajstić information content (AvgIpc) is 3.25. The summed E-state index contributed by atoms with van der Waals surface area (Å²) >= 11 is 0. The fraction of sp³-hybridized carbons (Fsp3) is 0.273. The molecule has 3 aromatic rings. The smallest absolute Gasteiger partial charge is 0.277 e. The third-order valence-corrected chi connectivity index (χ3v) is 4.41. The van der Waals surface area contributed by atoms with Crippen molar-refractivity contribution in [3.05, 3.63) is 72.3 Å². The number of amides is 1. The summed E-state index contributed by atoms with van der Waals surface area (Å²) in [5.41, 5.74) is 6.30. The maximum absolute atomic E-state index is 12.0. The molecule has 0 radical (unpaired) electrons. The van der Waals surface area contributed by atoms with Crippen molar-refractivity contribution in [2.45, 2.75) is 33.1 Å². The summed E-state index contributed by atoms with van der Waals surface area (Å²) in [5, 5.41) is 8.23. The summed E-state index contributed by atoms with van der Waals surface area (Å²) in [5.74, 6) is 0.334. The van der Waals surface area contributed by atoms with Crippen LogP contribution in [0.3, 0.4) is 0 Å². The first kappa shape index (κ1) is 20.3. The zero-order chi connectivity index (χ0) is 20.9. The lowest BCUT2D eigenvalue weighted by Gasteiger charge is -2.19. The SMILES string of the molecule is C/C(=N\NC(=O)COc1ccc(C(C)(C)C)cc1)c1ccc(-n2cncn2)cc1. The predicted molar refractivity (Wildman–Crippen MR) is 112 cm³/mol. The number of hydrazone groups is 1. The van der Waals surface area contributed by atoms with Crippen LogP contribution in [0.25, 0.3) is 5.69 Å². The lowest BCUT2D eigenvalue weighted by molar-refractivity contribution is -0.123. The van der Waals surface area contributed by atoms with E-state index in [0.29, 0.717) is 11.5 Å². The molecule has 0 unspecified atom stereocenters. The average molecular weight is 391 g/mol. The van der Waals surface area contributed by atoms with Gasteiger partial charge in [-0.25, -0.2) is 15.1 Å². The van der Waals surface area contributed by atoms with Gasteiger partial charge >= 0.3 is 0 Å². The van der Waals surface area contributed by atoms with Crippen molar-refractivity contribution in [2.75, 3.05) is 6.61 Å². The van der Waals surface area contributed by atoms with Gasteiger partial charge in [0.2, 0.25) is 0 Å². The molecular weight excluding hydrogens is 366 g/mol. The van der Waals surface area contributed by atoms with E-state index in [-0.39, 0.29) is 17.9 Å². The summed E-state index contributed by atoms with van der Waals surface area (Å²) in [4.78, 5) is 16.0. The molecule has 3 rings (SSSR count). The topological polar surface area (TPSA) is 81.4 Å². The second-order valence-corrected chi connectivity index (χ2v) is 7.68. The number of carbonyl (C=O) groups is 1. The molecule has 0 bridgehead atoms. The first-order valence-corrected chi connectivity index (χ1v) is 9.35. The lowest BCUT2D eigenvalue weighted by Crippen LogP contribution is -2.25. The van der Waals surface area contributed by atoms with Crippen LogP contribution in [0, 0.1) is 0 Å². The van der Waals surface area contributed by atoms with Gasteiger partial charge in [-0.2, -0.15) is 10.2 Å². The highest BCUT2D eigenvalue weighted by Gasteiger charge is 2.13. The summed E-state index contributed by atoms with van der Waals surface area (Å²) in [6.45, 7) is 8.18. The van der Waals surface area contributed by atoms with Gasteiger partial charge in [0.1, 0.15) is 18.4 Å². The molecule has 0 saturated heterocycles. The third-order valence-electron chi connectivity index (χ3n) is 4.41. The molecule has 0 aliphatic carbocycles. The Morgan fingerprint density at radius 3 is 2.38 bits per heavy atom. The number of carbonyl (C=O) groups excluding carboxylic acids is 1. The van der Waals surface area contributed by atoms with Crippen LogP contribution in [0.2, 0.25) is 0 Å². The van der Waals surface area contributed by atoms with Crippen molar-refractivity contribution >= 4 is 11.6 Å². The van der Waals surface area contributed by atoms with Crippen molar-refractivity contribution in [1.29, 1.82) is 0 Å². The minimum atomic E-state index is -0.316. The Balaban J connectivity index is 1.52. The van der Waals surface area contributed by atoms with Crippen molar-refractivity contribution in [3.8, 4) is 11.4 Å². The van der Waals surface area contributed by atoms with Crippen LogP contribution < -0.4 is 10.2 Å². The molecule has 0 aliphatic heterocycles. The normalized spacial score (nSPS) is 11.9. The Morgan fingerprint density at radius 2 is 1.79 bits per heavy atom. The molecule has 7 heteroatoms. The number of nitrogens with one attached hydrogen (secondary N) is 1. The molecule has 29 heavy (non-hydrogen) atoms. The third kappa shape index (κ3) is 5.51. The second kappa shape index (κ2) is 8.68. The van der Waals surface area contributed by atoms with E-state index in [9.17, 15) is 4.79 Å². The van der Waals surface area contributed by atoms with Crippen LogP contribution in [-0.2, 0) is 10.2 Å². The molecule has 0 saturated carbocycles. The monoisotopic (exact) mass is 391 g/mol. The molecular formula is C22H25N5O2. The highest BCUT2D eigenvalue weighted by molar-refractivity contribution is 5.99. The number of ether oxygens (including phenoxy) is 1. The van der Waals surface area contributed by atoms with Gasteiger partial charge in [0.05, 0.1) is 11.4 Å². The van der Waals surface area contributed by atoms with Gasteiger partial charge in [-0.3, -0.25) is 4.79 Å². The Bertz CT molecular complexity index is 970. The van der Waals surface area contributed by atoms with Crippen molar-refractivity contribution in [2.24, 2.45) is 5.10 Å². The van der Waals surface area contributed by atoms with Crippen LogP contribution in [0.5, 0.6) is 5.75 Å². The van der Waals surface area contributed by atoms with E-state index in [1.807, 2.05) is 55.5 Å². The molecule has 0 aliphatic rings. The van der Waals surface area contributed by atoms with Crippen LogP contribution in [0.15, 0.2) is 66.3 Å². The maximum Gasteiger partial charge on any atom is 0.277 e. The fourth-order valence-electron chi connectivity index (χ4n) is 2.64. The lowest BCUT2D eigenvalue weighted by atomic mass is 9.87. The molecule has 7 nitrogen and oxygen atoms in total. The van der Waals surface area contributed by atoms with Crippen molar-refractivity contribution < 1.29 is 9.53 Å². The van der Waals surface area contributed by atoms with Crippen LogP contribution in [0.4, 0.5) is 0 Å². The summed E-state index contributed by atoms with van der Waals surface area (Å²) in [6, 6.07) is 15.4. The van der Waals surface area contributed by atoms with E-state index in [2.05, 4.69) is 41.4 Å². The molecule has 1 amide bonds. The molecule has 0 fully saturated rings. The number of rotatable bonds is 6. The number of aromatic nitrogens is 3. The van der Waals surface area contributed by atoms with Gasteiger partial charge < -0.3 is 4.74 Å². The standard InChI is InChI=1S/C22H25N5O2/c1-16(17-5-9-19(10-6-17)27-15-23-14-24-27)25-26-21(28)13-29-20-11-7-18(8-12-20)22(2,3)4/h5-12,14-15H,13H2,1-4H3,(H,26,28)/b25-16+. The van der Waals surface area contributed by atoms with Crippen LogP contribution in [-0.4, -0.2) is 33.0 Å². The van der Waals surface area contributed by atoms with E-state index in [0.717, 1.165) is 11.3 Å². The van der Waals surface area contributed by atoms with Gasteiger partial charge in [-0.1, -0.05) is 45.0 Å². The number of nitrogens with zero attached hydrogens (tertiary/aromatic N) is 4. The number of benzene rings is 2. The Morgan fingerprint density at radius 1 is 1.10 bits per heavy atom. The maximum atomic E-state index is 12.0. The molecule has 150 valence electrons. The molecule has 0 spiro atoms. The zero-order valence-corrected chi connectivity index (χ0v) is 17.1. The molecule has 2 aromatic carbocycles. The van der Waals surface area contributed by atoms with Crippen LogP contribution in [0.1, 0.15) is 38.8 Å². The second-order valence-electron chi connectivity index (χ2n) is 7.68. The van der Waals surface area contributed by atoms with E-state index in [1.54, 1.807) is 11.0 Å². The quantitative estimate of drug-likeness (QED) is 0.515. The van der Waals surface area contributed by atoms with E-state index >= 15 is 0 Å². The minimum absolute atomic E-state index is 0.0790. The van der Waals surface area contributed by atoms with Crippen LogP contribution >= 0.6 is 0 Å². The van der Waals surface area contributed by atoms with E-state index < -0.39 is 0 Å². The largest absolute Gasteiger partial charge is 0.484 e. The van der Waals surface area contributed by atoms with Gasteiger partial charge in [-0.05, 0) is 47.7 Å². The summed E-state index contributed by atoms with van der Waals surface area (Å²) in [6.07, 6.45) is 3.12. The van der Waals surface area contributed by atoms with Crippen molar-refractivity contribution in [1.82, 2.24) is 20.2 Å².